The van der Waals surface area contributed by atoms with Crippen molar-refractivity contribution in [2.75, 3.05) is 0 Å². The van der Waals surface area contributed by atoms with E-state index in [1.807, 2.05) is 12.3 Å². The highest BCUT2D eigenvalue weighted by atomic mass is 16.5. The molecule has 1 aliphatic heterocycles. The molecule has 2 heteroatoms. The van der Waals surface area contributed by atoms with Crippen LogP contribution in [0.15, 0.2) is 30.5 Å². The maximum atomic E-state index is 6.07. The van der Waals surface area contributed by atoms with Gasteiger partial charge in [0.25, 0.3) is 0 Å². The number of benzene rings is 1. The topological polar surface area (TPSA) is 22.1 Å². The molecule has 2 nitrogen and oxygen atoms in total. The fraction of sp³-hybridized carbons (Fsp3) is 0.400. The third-order valence-electron chi connectivity index (χ3n) is 3.54. The summed E-state index contributed by atoms with van der Waals surface area (Å²) >= 11 is 0. The van der Waals surface area contributed by atoms with E-state index in [2.05, 4.69) is 30.1 Å². The highest BCUT2D eigenvalue weighted by molar-refractivity contribution is 5.84. The lowest BCUT2D eigenvalue weighted by molar-refractivity contribution is 0.191. The van der Waals surface area contributed by atoms with Crippen molar-refractivity contribution < 1.29 is 4.74 Å². The molecule has 2 aromatic rings. The number of hydrogen-bond acceptors (Lipinski definition) is 2. The summed E-state index contributed by atoms with van der Waals surface area (Å²) in [5.41, 5.74) is 2.40. The summed E-state index contributed by atoms with van der Waals surface area (Å²) < 4.78 is 6.07. The van der Waals surface area contributed by atoms with Crippen LogP contribution in [0.1, 0.15) is 31.7 Å². The zero-order valence-electron chi connectivity index (χ0n) is 10.1. The largest absolute Gasteiger partial charge is 0.490 e. The highest BCUT2D eigenvalue weighted by Gasteiger charge is 2.18. The Morgan fingerprint density at radius 1 is 1.35 bits per heavy atom. The second kappa shape index (κ2) is 4.36. The minimum absolute atomic E-state index is 0.373. The minimum atomic E-state index is 0.373. The molecule has 0 N–H and O–H groups in total. The minimum Gasteiger partial charge on any atom is -0.490 e. The fourth-order valence-corrected chi connectivity index (χ4v) is 2.57. The Kier molecular flexibility index (Phi) is 2.71. The van der Waals surface area contributed by atoms with E-state index in [0.29, 0.717) is 6.10 Å². The third kappa shape index (κ3) is 1.88. The third-order valence-corrected chi connectivity index (χ3v) is 3.54. The second-order valence-electron chi connectivity index (χ2n) is 4.66. The normalized spacial score (nSPS) is 19.5. The van der Waals surface area contributed by atoms with Crippen molar-refractivity contribution in [1.29, 1.82) is 0 Å². The summed E-state index contributed by atoms with van der Waals surface area (Å²) in [5, 5.41) is 1.21. The average Bonchev–Trinajstić information content (AvgIpc) is 2.60. The molecule has 0 saturated heterocycles. The van der Waals surface area contributed by atoms with Gasteiger partial charge in [-0.15, -0.1) is 0 Å². The molecule has 88 valence electrons. The van der Waals surface area contributed by atoms with Crippen LogP contribution in [0.4, 0.5) is 0 Å². The second-order valence-corrected chi connectivity index (χ2v) is 4.66. The van der Waals surface area contributed by atoms with Gasteiger partial charge < -0.3 is 4.74 Å². The van der Waals surface area contributed by atoms with Crippen LogP contribution in [0.2, 0.25) is 0 Å². The van der Waals surface area contributed by atoms with E-state index in [-0.39, 0.29) is 0 Å². The zero-order chi connectivity index (χ0) is 11.7. The van der Waals surface area contributed by atoms with E-state index in [0.717, 1.165) is 30.5 Å². The molecule has 0 fully saturated rings. The molecule has 17 heavy (non-hydrogen) atoms. The van der Waals surface area contributed by atoms with Crippen molar-refractivity contribution in [3.63, 3.8) is 0 Å². The molecule has 0 saturated carbocycles. The van der Waals surface area contributed by atoms with E-state index in [1.165, 1.54) is 17.4 Å². The lowest BCUT2D eigenvalue weighted by Gasteiger charge is -2.15. The Morgan fingerprint density at radius 3 is 3.18 bits per heavy atom. The van der Waals surface area contributed by atoms with E-state index in [4.69, 9.17) is 4.74 Å². The van der Waals surface area contributed by atoms with Gasteiger partial charge in [-0.05, 0) is 43.9 Å². The number of rotatable bonds is 1. The summed E-state index contributed by atoms with van der Waals surface area (Å²) in [6, 6.07) is 8.32. The molecule has 0 amide bonds. The van der Waals surface area contributed by atoms with Gasteiger partial charge in [0, 0.05) is 17.1 Å². The standard InChI is InChI=1S/C15H17NO/c1-2-12-6-3-7-13-14(17-12)9-8-11-5-4-10-16-15(11)13/h4-5,8-10,12H,2-3,6-7H2,1H3/t12-/m1/s1. The first-order valence-corrected chi connectivity index (χ1v) is 6.41. The van der Waals surface area contributed by atoms with Crippen LogP contribution in [0.5, 0.6) is 5.75 Å². The first kappa shape index (κ1) is 10.6. The van der Waals surface area contributed by atoms with Gasteiger partial charge in [-0.25, -0.2) is 0 Å². The van der Waals surface area contributed by atoms with Gasteiger partial charge >= 0.3 is 0 Å². The maximum absolute atomic E-state index is 6.07. The fourth-order valence-electron chi connectivity index (χ4n) is 2.57. The Hall–Kier alpha value is -1.57. The monoisotopic (exact) mass is 227 g/mol. The molecule has 1 aliphatic rings. The van der Waals surface area contributed by atoms with Crippen LogP contribution in [0.25, 0.3) is 10.9 Å². The first-order chi connectivity index (χ1) is 8.38. The van der Waals surface area contributed by atoms with Gasteiger partial charge in [0.05, 0.1) is 11.6 Å². The van der Waals surface area contributed by atoms with E-state index in [1.54, 1.807) is 0 Å². The molecule has 2 heterocycles. The average molecular weight is 227 g/mol. The Balaban J connectivity index is 2.13. The number of nitrogens with zero attached hydrogens (tertiary/aromatic N) is 1. The van der Waals surface area contributed by atoms with Crippen molar-refractivity contribution >= 4 is 10.9 Å². The van der Waals surface area contributed by atoms with Gasteiger partial charge in [-0.2, -0.15) is 0 Å². The van der Waals surface area contributed by atoms with Crippen LogP contribution < -0.4 is 4.74 Å². The summed E-state index contributed by atoms with van der Waals surface area (Å²) in [5.74, 6) is 1.04. The lowest BCUT2D eigenvalue weighted by atomic mass is 10.0. The van der Waals surface area contributed by atoms with Gasteiger partial charge in [0.1, 0.15) is 5.75 Å². The van der Waals surface area contributed by atoms with Crippen molar-refractivity contribution in [2.24, 2.45) is 0 Å². The van der Waals surface area contributed by atoms with Gasteiger partial charge in [-0.1, -0.05) is 13.0 Å². The SMILES string of the molecule is CC[C@@H]1CCCc2c(ccc3cccnc23)O1. The van der Waals surface area contributed by atoms with Crippen LogP contribution >= 0.6 is 0 Å². The number of fused-ring (bicyclic) bond motifs is 3. The Labute approximate surface area is 102 Å². The predicted octanol–water partition coefficient (Wildman–Crippen LogP) is 3.73. The molecule has 0 aliphatic carbocycles. The highest BCUT2D eigenvalue weighted by Crippen LogP contribution is 2.32. The summed E-state index contributed by atoms with van der Waals surface area (Å²) in [6.45, 7) is 2.19. The van der Waals surface area contributed by atoms with Crippen molar-refractivity contribution in [1.82, 2.24) is 4.98 Å². The Morgan fingerprint density at radius 2 is 2.29 bits per heavy atom. The van der Waals surface area contributed by atoms with E-state index < -0.39 is 0 Å². The molecule has 0 spiro atoms. The number of aromatic nitrogens is 1. The van der Waals surface area contributed by atoms with E-state index >= 15 is 0 Å². The molecular formula is C15H17NO. The summed E-state index contributed by atoms with van der Waals surface area (Å²) in [4.78, 5) is 4.51. The maximum Gasteiger partial charge on any atom is 0.125 e. The smallest absolute Gasteiger partial charge is 0.125 e. The van der Waals surface area contributed by atoms with E-state index in [9.17, 15) is 0 Å². The Bertz CT molecular complexity index is 535. The van der Waals surface area contributed by atoms with Crippen molar-refractivity contribution in [2.45, 2.75) is 38.7 Å². The van der Waals surface area contributed by atoms with Gasteiger partial charge in [0.15, 0.2) is 0 Å². The molecular weight excluding hydrogens is 210 g/mol. The number of pyridine rings is 1. The quantitative estimate of drug-likeness (QED) is 0.740. The molecule has 0 unspecified atom stereocenters. The predicted molar refractivity (Wildman–Crippen MR) is 69.4 cm³/mol. The molecule has 0 bridgehead atoms. The van der Waals surface area contributed by atoms with Crippen molar-refractivity contribution in [3.05, 3.63) is 36.0 Å². The zero-order valence-corrected chi connectivity index (χ0v) is 10.1. The number of aryl methyl sites for hydroxylation is 1. The van der Waals surface area contributed by atoms with Crippen LogP contribution in [-0.4, -0.2) is 11.1 Å². The molecule has 1 aromatic carbocycles. The van der Waals surface area contributed by atoms with Crippen LogP contribution in [0, 0.1) is 0 Å². The number of ether oxygens (including phenoxy) is 1. The van der Waals surface area contributed by atoms with Gasteiger partial charge in [0.2, 0.25) is 0 Å². The van der Waals surface area contributed by atoms with Crippen LogP contribution in [0.3, 0.4) is 0 Å². The molecule has 3 rings (SSSR count). The lowest BCUT2D eigenvalue weighted by Crippen LogP contribution is -2.13. The van der Waals surface area contributed by atoms with Gasteiger partial charge in [-0.3, -0.25) is 4.98 Å². The van der Waals surface area contributed by atoms with Crippen LogP contribution in [-0.2, 0) is 6.42 Å². The summed E-state index contributed by atoms with van der Waals surface area (Å²) in [6.07, 6.45) is 6.75. The molecule has 1 atom stereocenters. The van der Waals surface area contributed by atoms with Crippen molar-refractivity contribution in [3.8, 4) is 5.75 Å². The summed E-state index contributed by atoms with van der Waals surface area (Å²) in [7, 11) is 0. The number of hydrogen-bond donors (Lipinski definition) is 0. The molecule has 0 radical (unpaired) electrons. The first-order valence-electron chi connectivity index (χ1n) is 6.41. The molecule has 1 aromatic heterocycles.